The SMILES string of the molecule is Cc1ccccc1SCc1ccc([N+](=O)[O-])c(NN)c1. The van der Waals surface area contributed by atoms with E-state index in [2.05, 4.69) is 24.5 Å². The van der Waals surface area contributed by atoms with Crippen LogP contribution in [0.25, 0.3) is 0 Å². The average molecular weight is 289 g/mol. The average Bonchev–Trinajstić information content (AvgIpc) is 2.46. The van der Waals surface area contributed by atoms with Crippen molar-refractivity contribution in [1.82, 2.24) is 0 Å². The van der Waals surface area contributed by atoms with Crippen molar-refractivity contribution in [2.75, 3.05) is 5.43 Å². The molecule has 20 heavy (non-hydrogen) atoms. The van der Waals surface area contributed by atoms with Crippen LogP contribution in [0.1, 0.15) is 11.1 Å². The van der Waals surface area contributed by atoms with E-state index in [0.717, 1.165) is 11.3 Å². The summed E-state index contributed by atoms with van der Waals surface area (Å²) in [5.74, 6) is 6.06. The Morgan fingerprint density at radius 2 is 2.05 bits per heavy atom. The zero-order valence-electron chi connectivity index (χ0n) is 11.0. The van der Waals surface area contributed by atoms with Gasteiger partial charge in [-0.2, -0.15) is 0 Å². The number of nitro benzene ring substituents is 1. The first-order chi connectivity index (χ1) is 9.61. The molecule has 0 radical (unpaired) electrons. The highest BCUT2D eigenvalue weighted by molar-refractivity contribution is 7.98. The number of nitrogens with zero attached hydrogens (tertiary/aromatic N) is 1. The van der Waals surface area contributed by atoms with Gasteiger partial charge >= 0.3 is 0 Å². The Bertz CT molecular complexity index is 632. The Morgan fingerprint density at radius 1 is 1.30 bits per heavy atom. The number of nitrogens with two attached hydrogens (primary N) is 1. The Hall–Kier alpha value is -2.05. The highest BCUT2D eigenvalue weighted by atomic mass is 32.2. The number of thioether (sulfide) groups is 1. The molecule has 2 aromatic rings. The Kier molecular flexibility index (Phi) is 4.60. The molecule has 3 N–H and O–H groups in total. The van der Waals surface area contributed by atoms with Gasteiger partial charge < -0.3 is 5.43 Å². The van der Waals surface area contributed by atoms with E-state index in [-0.39, 0.29) is 5.69 Å². The second kappa shape index (κ2) is 6.40. The molecule has 0 spiro atoms. The van der Waals surface area contributed by atoms with Crippen molar-refractivity contribution in [1.29, 1.82) is 0 Å². The van der Waals surface area contributed by atoms with Gasteiger partial charge in [0.1, 0.15) is 5.69 Å². The zero-order valence-corrected chi connectivity index (χ0v) is 11.8. The van der Waals surface area contributed by atoms with Crippen molar-refractivity contribution in [3.8, 4) is 0 Å². The monoisotopic (exact) mass is 289 g/mol. The molecule has 6 heteroatoms. The molecular weight excluding hydrogens is 274 g/mol. The van der Waals surface area contributed by atoms with E-state index >= 15 is 0 Å². The molecular formula is C14H15N3O2S. The number of aryl methyl sites for hydroxylation is 1. The summed E-state index contributed by atoms with van der Waals surface area (Å²) < 4.78 is 0. The molecule has 0 aromatic heterocycles. The van der Waals surface area contributed by atoms with Gasteiger partial charge in [0.05, 0.1) is 4.92 Å². The first kappa shape index (κ1) is 14.4. The summed E-state index contributed by atoms with van der Waals surface area (Å²) in [6, 6.07) is 13.1. The van der Waals surface area contributed by atoms with Crippen molar-refractivity contribution in [3.05, 3.63) is 63.7 Å². The molecule has 0 aliphatic rings. The van der Waals surface area contributed by atoms with E-state index in [1.54, 1.807) is 23.9 Å². The van der Waals surface area contributed by atoms with Crippen LogP contribution in [-0.2, 0) is 5.75 Å². The Balaban J connectivity index is 2.15. The number of nitro groups is 1. The van der Waals surface area contributed by atoms with Crippen molar-refractivity contribution < 1.29 is 4.92 Å². The molecule has 104 valence electrons. The van der Waals surface area contributed by atoms with E-state index in [0.29, 0.717) is 5.69 Å². The van der Waals surface area contributed by atoms with Gasteiger partial charge in [-0.25, -0.2) is 0 Å². The van der Waals surface area contributed by atoms with Gasteiger partial charge in [-0.05, 0) is 30.2 Å². The third-order valence-electron chi connectivity index (χ3n) is 2.90. The third-order valence-corrected chi connectivity index (χ3v) is 4.15. The minimum absolute atomic E-state index is 0.0165. The minimum atomic E-state index is -0.451. The van der Waals surface area contributed by atoms with E-state index in [4.69, 9.17) is 5.84 Å². The van der Waals surface area contributed by atoms with Crippen molar-refractivity contribution in [3.63, 3.8) is 0 Å². The number of hydrogen-bond donors (Lipinski definition) is 2. The number of anilines is 1. The standard InChI is InChI=1S/C14H15N3O2S/c1-10-4-2-3-5-14(10)20-9-11-6-7-13(17(18)19)12(8-11)16-15/h2-8,16H,9,15H2,1H3. The second-order valence-electron chi connectivity index (χ2n) is 4.31. The van der Waals surface area contributed by atoms with Gasteiger partial charge in [0.15, 0.2) is 0 Å². The van der Waals surface area contributed by atoms with Gasteiger partial charge in [0.25, 0.3) is 5.69 Å². The van der Waals surface area contributed by atoms with Crippen molar-refractivity contribution in [2.45, 2.75) is 17.6 Å². The fourth-order valence-corrected chi connectivity index (χ4v) is 2.80. The van der Waals surface area contributed by atoms with Crippen LogP contribution in [0, 0.1) is 17.0 Å². The van der Waals surface area contributed by atoms with Crippen LogP contribution in [0.4, 0.5) is 11.4 Å². The van der Waals surface area contributed by atoms with Gasteiger partial charge in [-0.15, -0.1) is 11.8 Å². The largest absolute Gasteiger partial charge is 0.318 e. The van der Waals surface area contributed by atoms with Crippen molar-refractivity contribution >= 4 is 23.1 Å². The van der Waals surface area contributed by atoms with E-state index in [1.807, 2.05) is 12.1 Å². The van der Waals surface area contributed by atoms with E-state index in [1.165, 1.54) is 16.5 Å². The smallest absolute Gasteiger partial charge is 0.293 e. The maximum Gasteiger partial charge on any atom is 0.293 e. The highest BCUT2D eigenvalue weighted by Crippen LogP contribution is 2.29. The fraction of sp³-hybridized carbons (Fsp3) is 0.143. The number of hydrogen-bond acceptors (Lipinski definition) is 5. The lowest BCUT2D eigenvalue weighted by Gasteiger charge is -2.07. The predicted octanol–water partition coefficient (Wildman–Crippen LogP) is 3.48. The normalized spacial score (nSPS) is 10.3. The van der Waals surface area contributed by atoms with Crippen LogP contribution in [0.2, 0.25) is 0 Å². The summed E-state index contributed by atoms with van der Waals surface area (Å²) in [6.07, 6.45) is 0. The molecule has 0 amide bonds. The fourth-order valence-electron chi connectivity index (χ4n) is 1.83. The highest BCUT2D eigenvalue weighted by Gasteiger charge is 2.13. The molecule has 0 atom stereocenters. The Labute approximate surface area is 121 Å². The van der Waals surface area contributed by atoms with Gasteiger partial charge in [-0.3, -0.25) is 16.0 Å². The summed E-state index contributed by atoms with van der Waals surface area (Å²) >= 11 is 1.70. The van der Waals surface area contributed by atoms with Gasteiger partial charge in [-0.1, -0.05) is 24.3 Å². The van der Waals surface area contributed by atoms with Gasteiger partial charge in [0.2, 0.25) is 0 Å². The first-order valence-corrected chi connectivity index (χ1v) is 7.02. The predicted molar refractivity (Wildman–Crippen MR) is 81.6 cm³/mol. The molecule has 2 rings (SSSR count). The molecule has 0 saturated heterocycles. The maximum atomic E-state index is 10.8. The van der Waals surface area contributed by atoms with Gasteiger partial charge in [0, 0.05) is 16.7 Å². The number of rotatable bonds is 5. The summed E-state index contributed by atoms with van der Waals surface area (Å²) in [5, 5.41) is 10.8. The van der Waals surface area contributed by atoms with E-state index < -0.39 is 4.92 Å². The van der Waals surface area contributed by atoms with Crippen LogP contribution < -0.4 is 11.3 Å². The lowest BCUT2D eigenvalue weighted by atomic mass is 10.2. The molecule has 0 saturated carbocycles. The summed E-state index contributed by atoms with van der Waals surface area (Å²) in [5.41, 5.74) is 4.89. The van der Waals surface area contributed by atoms with Crippen molar-refractivity contribution in [2.24, 2.45) is 5.84 Å². The van der Waals surface area contributed by atoms with Crippen LogP contribution in [-0.4, -0.2) is 4.92 Å². The van der Waals surface area contributed by atoms with Crippen LogP contribution in [0.5, 0.6) is 0 Å². The molecule has 0 heterocycles. The Morgan fingerprint density at radius 3 is 2.70 bits per heavy atom. The third kappa shape index (κ3) is 3.28. The quantitative estimate of drug-likeness (QED) is 0.381. The zero-order chi connectivity index (χ0) is 14.5. The summed E-state index contributed by atoms with van der Waals surface area (Å²) in [6.45, 7) is 2.06. The molecule has 0 bridgehead atoms. The molecule has 0 unspecified atom stereocenters. The molecule has 0 aliphatic heterocycles. The molecule has 0 fully saturated rings. The molecule has 5 nitrogen and oxygen atoms in total. The molecule has 0 aliphatic carbocycles. The van der Waals surface area contributed by atoms with E-state index in [9.17, 15) is 10.1 Å². The van der Waals surface area contributed by atoms with Crippen LogP contribution >= 0.6 is 11.8 Å². The summed E-state index contributed by atoms with van der Waals surface area (Å²) in [7, 11) is 0. The lowest BCUT2D eigenvalue weighted by Crippen LogP contribution is -2.09. The number of benzene rings is 2. The lowest BCUT2D eigenvalue weighted by molar-refractivity contribution is -0.384. The first-order valence-electron chi connectivity index (χ1n) is 6.04. The second-order valence-corrected chi connectivity index (χ2v) is 5.32. The van der Waals surface area contributed by atoms with Crippen LogP contribution in [0.3, 0.4) is 0 Å². The topological polar surface area (TPSA) is 81.2 Å². The summed E-state index contributed by atoms with van der Waals surface area (Å²) in [4.78, 5) is 11.6. The van der Waals surface area contributed by atoms with Crippen LogP contribution in [0.15, 0.2) is 47.4 Å². The number of nitrogen functional groups attached to an aromatic ring is 1. The maximum absolute atomic E-state index is 10.8. The molecule has 2 aromatic carbocycles. The minimum Gasteiger partial charge on any atom is -0.318 e. The number of hydrazine groups is 1. The number of nitrogens with one attached hydrogen (secondary N) is 1.